The van der Waals surface area contributed by atoms with E-state index in [1.807, 2.05) is 35.9 Å². The molecule has 0 spiro atoms. The maximum atomic E-state index is 13.0. The first-order valence-corrected chi connectivity index (χ1v) is 13.2. The first-order chi connectivity index (χ1) is 19.7. The highest BCUT2D eigenvalue weighted by atomic mass is 16.5. The Kier molecular flexibility index (Phi) is 11.3. The number of benzene rings is 2. The number of methoxy groups -OCH3 is 1. The number of urea groups is 1. The molecule has 218 valence electrons. The molecule has 0 saturated carbocycles. The largest absolute Gasteiger partial charge is 0.495 e. The second-order valence-corrected chi connectivity index (χ2v) is 9.53. The van der Waals surface area contributed by atoms with Gasteiger partial charge in [-0.1, -0.05) is 24.3 Å². The monoisotopic (exact) mass is 564 g/mol. The van der Waals surface area contributed by atoms with Gasteiger partial charge in [-0.05, 0) is 42.7 Å². The highest BCUT2D eigenvalue weighted by Gasteiger charge is 2.20. The smallest absolute Gasteiger partial charge is 0.323 e. The van der Waals surface area contributed by atoms with Gasteiger partial charge in [0.15, 0.2) is 0 Å². The van der Waals surface area contributed by atoms with Crippen molar-refractivity contribution in [2.24, 2.45) is 0 Å². The van der Waals surface area contributed by atoms with Gasteiger partial charge < -0.3 is 34.8 Å². The van der Waals surface area contributed by atoms with Crippen molar-refractivity contribution in [3.63, 3.8) is 0 Å². The van der Waals surface area contributed by atoms with Gasteiger partial charge in [0.05, 0.1) is 38.5 Å². The molecule has 3 N–H and O–H groups in total. The van der Waals surface area contributed by atoms with E-state index in [0.29, 0.717) is 42.2 Å². The van der Waals surface area contributed by atoms with Gasteiger partial charge >= 0.3 is 12.0 Å². The van der Waals surface area contributed by atoms with Crippen LogP contribution in [0.2, 0.25) is 0 Å². The van der Waals surface area contributed by atoms with E-state index >= 15 is 0 Å². The Morgan fingerprint density at radius 1 is 1.02 bits per heavy atom. The molecule has 0 aliphatic heterocycles. The number of amides is 4. The Morgan fingerprint density at radius 3 is 2.46 bits per heavy atom. The minimum Gasteiger partial charge on any atom is -0.495 e. The van der Waals surface area contributed by atoms with Crippen LogP contribution in [0.3, 0.4) is 0 Å². The Morgan fingerprint density at radius 2 is 1.78 bits per heavy atom. The summed E-state index contributed by atoms with van der Waals surface area (Å²) in [5.41, 5.74) is 2.68. The summed E-state index contributed by atoms with van der Waals surface area (Å²) in [4.78, 5) is 56.3. The molecule has 12 heteroatoms. The van der Waals surface area contributed by atoms with Crippen molar-refractivity contribution in [1.29, 1.82) is 0 Å². The van der Waals surface area contributed by atoms with Crippen molar-refractivity contribution in [3.05, 3.63) is 72.3 Å². The molecule has 0 atom stereocenters. The number of nitrogens with zero attached hydrogens (tertiary/aromatic N) is 4. The number of aliphatic carboxylic acids is 1. The van der Waals surface area contributed by atoms with Crippen molar-refractivity contribution < 1.29 is 29.0 Å². The first-order valence-electron chi connectivity index (χ1n) is 13.2. The van der Waals surface area contributed by atoms with Crippen molar-refractivity contribution in [2.45, 2.75) is 32.7 Å². The fraction of sp³-hybridized carbons (Fsp3) is 0.345. The van der Waals surface area contributed by atoms with Crippen LogP contribution in [-0.4, -0.2) is 82.1 Å². The number of ether oxygens (including phenoxy) is 1. The van der Waals surface area contributed by atoms with E-state index < -0.39 is 12.0 Å². The second kappa shape index (κ2) is 15.1. The van der Waals surface area contributed by atoms with Gasteiger partial charge in [0.1, 0.15) is 5.75 Å². The lowest BCUT2D eigenvalue weighted by Gasteiger charge is -2.25. The molecule has 41 heavy (non-hydrogen) atoms. The standard InChI is InChI=1S/C29H36N6O6/c1-21-7-4-5-8-23(21)31-29(40)32-24-10-9-22(17-25(24)41-3)18-26(36)33(2)19-27(37)35(15-11-28(38)39)14-6-13-34-16-12-30-20-34/h4-5,7-10,12,16-17,20H,6,11,13-15,18-19H2,1-3H3,(H,38,39)(H2,31,32,40). The van der Waals surface area contributed by atoms with Crippen LogP contribution in [0.5, 0.6) is 5.75 Å². The molecular formula is C29H36N6O6. The van der Waals surface area contributed by atoms with Gasteiger partial charge in [-0.2, -0.15) is 0 Å². The van der Waals surface area contributed by atoms with Crippen LogP contribution in [0.25, 0.3) is 0 Å². The van der Waals surface area contributed by atoms with Crippen molar-refractivity contribution >= 4 is 35.2 Å². The van der Waals surface area contributed by atoms with E-state index in [0.717, 1.165) is 5.56 Å². The van der Waals surface area contributed by atoms with E-state index in [9.17, 15) is 19.2 Å². The lowest BCUT2D eigenvalue weighted by atomic mass is 10.1. The lowest BCUT2D eigenvalue weighted by molar-refractivity contribution is -0.141. The molecule has 1 heterocycles. The van der Waals surface area contributed by atoms with Crippen LogP contribution < -0.4 is 15.4 Å². The van der Waals surface area contributed by atoms with Gasteiger partial charge in [0.2, 0.25) is 11.8 Å². The number of rotatable bonds is 14. The van der Waals surface area contributed by atoms with Crippen LogP contribution >= 0.6 is 0 Å². The van der Waals surface area contributed by atoms with Crippen LogP contribution in [-0.2, 0) is 27.3 Å². The maximum Gasteiger partial charge on any atom is 0.323 e. The van der Waals surface area contributed by atoms with Crippen LogP contribution in [0.4, 0.5) is 16.2 Å². The molecule has 0 fully saturated rings. The molecule has 2 aromatic carbocycles. The highest BCUT2D eigenvalue weighted by molar-refractivity contribution is 6.01. The van der Waals surface area contributed by atoms with Gasteiger partial charge in [0.25, 0.3) is 0 Å². The molecule has 0 unspecified atom stereocenters. The summed E-state index contributed by atoms with van der Waals surface area (Å²) in [5, 5.41) is 14.6. The Balaban J connectivity index is 1.56. The fourth-order valence-electron chi connectivity index (χ4n) is 4.09. The molecule has 0 aliphatic rings. The number of anilines is 2. The number of aromatic nitrogens is 2. The molecule has 3 rings (SSSR count). The highest BCUT2D eigenvalue weighted by Crippen LogP contribution is 2.26. The number of likely N-dealkylation sites (N-methyl/N-ethyl adjacent to an activating group) is 1. The maximum absolute atomic E-state index is 13.0. The van der Waals surface area contributed by atoms with Crippen molar-refractivity contribution in [1.82, 2.24) is 19.4 Å². The Labute approximate surface area is 238 Å². The predicted octanol–water partition coefficient (Wildman–Crippen LogP) is 3.24. The number of hydrogen-bond donors (Lipinski definition) is 3. The number of nitrogens with one attached hydrogen (secondary N) is 2. The Bertz CT molecular complexity index is 1340. The summed E-state index contributed by atoms with van der Waals surface area (Å²) in [6, 6.07) is 12.0. The topological polar surface area (TPSA) is 146 Å². The average Bonchev–Trinajstić information content (AvgIpc) is 3.46. The van der Waals surface area contributed by atoms with Gasteiger partial charge in [-0.25, -0.2) is 9.78 Å². The summed E-state index contributed by atoms with van der Waals surface area (Å²) < 4.78 is 7.30. The quantitative estimate of drug-likeness (QED) is 0.272. The Hall–Kier alpha value is -4.87. The number of carboxylic acids is 1. The summed E-state index contributed by atoms with van der Waals surface area (Å²) in [6.07, 6.45) is 5.59. The number of aryl methyl sites for hydroxylation is 2. The molecule has 0 saturated heterocycles. The number of para-hydroxylation sites is 1. The van der Waals surface area contributed by atoms with Crippen LogP contribution in [0, 0.1) is 6.92 Å². The number of carbonyl (C=O) groups excluding carboxylic acids is 3. The summed E-state index contributed by atoms with van der Waals surface area (Å²) in [5.74, 6) is -1.24. The zero-order chi connectivity index (χ0) is 29.8. The second-order valence-electron chi connectivity index (χ2n) is 9.53. The third kappa shape index (κ3) is 9.67. The molecule has 0 radical (unpaired) electrons. The predicted molar refractivity (Wildman–Crippen MR) is 154 cm³/mol. The number of carbonyl (C=O) groups is 4. The summed E-state index contributed by atoms with van der Waals surface area (Å²) >= 11 is 0. The number of imidazole rings is 1. The third-order valence-electron chi connectivity index (χ3n) is 6.41. The molecule has 1 aromatic heterocycles. The van der Waals surface area contributed by atoms with Gasteiger partial charge in [-0.3, -0.25) is 14.4 Å². The molecule has 0 aliphatic carbocycles. The zero-order valence-corrected chi connectivity index (χ0v) is 23.5. The molecular weight excluding hydrogens is 528 g/mol. The van der Waals surface area contributed by atoms with Crippen LogP contribution in [0.1, 0.15) is 24.0 Å². The van der Waals surface area contributed by atoms with Crippen LogP contribution in [0.15, 0.2) is 61.2 Å². The molecule has 4 amide bonds. The third-order valence-corrected chi connectivity index (χ3v) is 6.41. The molecule has 3 aromatic rings. The van der Waals surface area contributed by atoms with E-state index in [1.54, 1.807) is 36.8 Å². The van der Waals surface area contributed by atoms with E-state index in [2.05, 4.69) is 15.6 Å². The van der Waals surface area contributed by atoms with Crippen molar-refractivity contribution in [2.75, 3.05) is 44.4 Å². The first kappa shape index (κ1) is 30.7. The fourth-order valence-corrected chi connectivity index (χ4v) is 4.09. The minimum atomic E-state index is -0.999. The van der Waals surface area contributed by atoms with Crippen molar-refractivity contribution in [3.8, 4) is 5.75 Å². The summed E-state index contributed by atoms with van der Waals surface area (Å²) in [6.45, 7) is 2.76. The molecule has 12 nitrogen and oxygen atoms in total. The van der Waals surface area contributed by atoms with E-state index in [-0.39, 0.29) is 37.7 Å². The number of hydrogen-bond acceptors (Lipinski definition) is 6. The molecule has 0 bridgehead atoms. The van der Waals surface area contributed by atoms with Gasteiger partial charge in [0, 0.05) is 44.8 Å². The summed E-state index contributed by atoms with van der Waals surface area (Å²) in [7, 11) is 3.00. The zero-order valence-electron chi connectivity index (χ0n) is 23.5. The number of carboxylic acid groups (broad SMARTS) is 1. The SMILES string of the molecule is COc1cc(CC(=O)N(C)CC(=O)N(CCCn2ccnc2)CCC(=O)O)ccc1NC(=O)Nc1ccccc1C. The average molecular weight is 565 g/mol. The van der Waals surface area contributed by atoms with E-state index in [4.69, 9.17) is 9.84 Å². The van der Waals surface area contributed by atoms with E-state index in [1.165, 1.54) is 24.0 Å². The minimum absolute atomic E-state index is 0.00554. The van der Waals surface area contributed by atoms with Gasteiger partial charge in [-0.15, -0.1) is 0 Å². The normalized spacial score (nSPS) is 10.5. The lowest BCUT2D eigenvalue weighted by Crippen LogP contribution is -2.43.